The predicted octanol–water partition coefficient (Wildman–Crippen LogP) is 14.5. The summed E-state index contributed by atoms with van der Waals surface area (Å²) in [5.74, 6) is 0.947. The third-order valence-electron chi connectivity index (χ3n) is 15.1. The Hall–Kier alpha value is -5.51. The number of carbonyl (C=O) groups is 3. The van der Waals surface area contributed by atoms with Crippen LogP contribution in [0.5, 0.6) is 0 Å². The molecule has 0 aliphatic heterocycles. The van der Waals surface area contributed by atoms with Crippen molar-refractivity contribution in [3.05, 3.63) is 154 Å². The van der Waals surface area contributed by atoms with Crippen molar-refractivity contribution in [1.29, 1.82) is 0 Å². The lowest BCUT2D eigenvalue weighted by Gasteiger charge is -2.38. The smallest absolute Gasteiger partial charge is 0.410 e. The van der Waals surface area contributed by atoms with Crippen LogP contribution in [-0.4, -0.2) is 69.4 Å². The van der Waals surface area contributed by atoms with Gasteiger partial charge in [-0.15, -0.1) is 0 Å². The second-order valence-electron chi connectivity index (χ2n) is 23.3. The number of rotatable bonds is 18. The maximum absolute atomic E-state index is 13.4. The van der Waals surface area contributed by atoms with Gasteiger partial charge in [0.25, 0.3) is 0 Å². The largest absolute Gasteiger partial charge is 0.478 e. The maximum atomic E-state index is 13.4. The van der Waals surface area contributed by atoms with Gasteiger partial charge in [-0.25, -0.2) is 14.4 Å². The van der Waals surface area contributed by atoms with Crippen LogP contribution in [0.15, 0.2) is 120 Å². The van der Waals surface area contributed by atoms with Crippen molar-refractivity contribution >= 4 is 30.2 Å². The first-order valence-corrected chi connectivity index (χ1v) is 27.6. The number of hydrogen-bond acceptors (Lipinski definition) is 7. The van der Waals surface area contributed by atoms with Crippen molar-refractivity contribution in [1.82, 2.24) is 15.5 Å². The van der Waals surface area contributed by atoms with E-state index in [0.717, 1.165) is 62.3 Å². The highest BCUT2D eigenvalue weighted by atomic mass is 16.6. The molecule has 4 aromatic rings. The highest BCUT2D eigenvalue weighted by Crippen LogP contribution is 2.42. The molecule has 0 saturated heterocycles. The van der Waals surface area contributed by atoms with Gasteiger partial charge in [0.15, 0.2) is 0 Å². The van der Waals surface area contributed by atoms with Crippen LogP contribution in [0, 0.1) is 17.8 Å². The second-order valence-corrected chi connectivity index (χ2v) is 23.3. The van der Waals surface area contributed by atoms with E-state index in [1.54, 1.807) is 29.8 Å². The van der Waals surface area contributed by atoms with Crippen molar-refractivity contribution in [2.75, 3.05) is 0 Å². The fraction of sp³-hybridized carbons (Fsp3) is 0.516. The Morgan fingerprint density at radius 3 is 1.49 bits per heavy atom. The van der Waals surface area contributed by atoms with E-state index in [-0.39, 0.29) is 18.1 Å². The number of aryl methyl sites for hydroxylation is 1. The van der Waals surface area contributed by atoms with Crippen molar-refractivity contribution in [2.24, 2.45) is 17.8 Å². The van der Waals surface area contributed by atoms with E-state index < -0.39 is 17.2 Å². The molecule has 4 fully saturated rings. The van der Waals surface area contributed by atoms with E-state index in [1.807, 2.05) is 70.7 Å². The topological polar surface area (TPSA) is 117 Å². The number of ether oxygens (including phenoxy) is 2. The summed E-state index contributed by atoms with van der Waals surface area (Å²) in [6, 6.07) is 38.6. The van der Waals surface area contributed by atoms with Gasteiger partial charge in [-0.2, -0.15) is 0 Å². The molecule has 4 aliphatic rings. The minimum atomic E-state index is -0.850. The molecule has 4 saturated carbocycles. The van der Waals surface area contributed by atoms with Gasteiger partial charge in [-0.1, -0.05) is 122 Å². The van der Waals surface area contributed by atoms with Crippen molar-refractivity contribution in [3.8, 4) is 0 Å². The Bertz CT molecular complexity index is 2440. The Morgan fingerprint density at radius 2 is 1.04 bits per heavy atom. The molecule has 73 heavy (non-hydrogen) atoms. The minimum absolute atomic E-state index is 0.114. The zero-order chi connectivity index (χ0) is 52.1. The molecule has 4 aromatic carbocycles. The van der Waals surface area contributed by atoms with Crippen LogP contribution < -0.4 is 10.6 Å². The summed E-state index contributed by atoms with van der Waals surface area (Å²) < 4.78 is 11.3. The van der Waals surface area contributed by atoms with Crippen LogP contribution >= 0.6 is 0 Å². The molecule has 3 N–H and O–H groups in total. The Kier molecular flexibility index (Phi) is 19.4. The van der Waals surface area contributed by atoms with E-state index in [0.29, 0.717) is 47.8 Å². The summed E-state index contributed by atoms with van der Waals surface area (Å²) in [6.07, 6.45) is 20.6. The summed E-state index contributed by atoms with van der Waals surface area (Å²) >= 11 is 0. The molecule has 4 atom stereocenters. The van der Waals surface area contributed by atoms with Crippen LogP contribution in [-0.2, 0) is 22.4 Å². The molecule has 9 heteroatoms. The number of esters is 1. The summed E-state index contributed by atoms with van der Waals surface area (Å²) in [5, 5.41) is 16.9. The van der Waals surface area contributed by atoms with E-state index in [2.05, 4.69) is 97.3 Å². The molecular weight excluding hydrogens is 907 g/mol. The van der Waals surface area contributed by atoms with E-state index in [9.17, 15) is 14.4 Å². The number of carboxylic acid groups (broad SMARTS) is 1. The van der Waals surface area contributed by atoms with Gasteiger partial charge in [0.05, 0.1) is 11.1 Å². The van der Waals surface area contributed by atoms with Gasteiger partial charge in [0.1, 0.15) is 11.2 Å². The van der Waals surface area contributed by atoms with Gasteiger partial charge in [0.2, 0.25) is 0 Å². The quantitative estimate of drug-likeness (QED) is 0.0844. The second kappa shape index (κ2) is 25.6. The van der Waals surface area contributed by atoms with Crippen LogP contribution in [0.1, 0.15) is 182 Å². The molecule has 0 bridgehead atoms. The van der Waals surface area contributed by atoms with Crippen LogP contribution in [0.3, 0.4) is 0 Å². The van der Waals surface area contributed by atoms with Gasteiger partial charge in [0, 0.05) is 36.8 Å². The standard InChI is InChI=1S/C36H50N2O4.C28H35NO2/c1-8-27(22-25-12-10-9-11-13-25)31-23-32(31)37-29-18-20-30(21-19-29)38(34(40)42-36(5,6)7)24-26-14-16-28(17-15-26)33(39)41-35(2,3)4;1-2-23(18-22-6-4-3-5-7-22)26-19-27(26)29-25-16-12-21(13-17-25)9-8-20-10-14-24(15-11-20)28(30)31/h9-17,22,29-32,37H,8,18-21,23-24H2,1-7H3;3-7,10-11,14-15,18,21,25-27,29H,2,8-9,12-13,16-17,19H2,1H3,(H,30,31)/b27-22+;23-18+/t29?,30?,31-,32+;21?,25?,26-,27+/m00/s1. The lowest BCUT2D eigenvalue weighted by Crippen LogP contribution is -2.47. The number of hydrogen-bond donors (Lipinski definition) is 3. The number of carboxylic acids is 1. The van der Waals surface area contributed by atoms with Gasteiger partial charge >= 0.3 is 18.0 Å². The lowest BCUT2D eigenvalue weighted by molar-refractivity contribution is 0.00615. The fourth-order valence-electron chi connectivity index (χ4n) is 11.0. The molecule has 1 amide bonds. The summed E-state index contributed by atoms with van der Waals surface area (Å²) in [6.45, 7) is 16.3. The number of benzene rings is 4. The molecule has 392 valence electrons. The first-order chi connectivity index (χ1) is 34.9. The zero-order valence-electron chi connectivity index (χ0n) is 45.2. The van der Waals surface area contributed by atoms with Crippen molar-refractivity contribution in [2.45, 2.75) is 193 Å². The molecule has 0 radical (unpaired) electrons. The maximum Gasteiger partial charge on any atom is 0.410 e. The Labute approximate surface area is 437 Å². The lowest BCUT2D eigenvalue weighted by atomic mass is 9.82. The average molecular weight is 992 g/mol. The van der Waals surface area contributed by atoms with Crippen LogP contribution in [0.2, 0.25) is 0 Å². The van der Waals surface area contributed by atoms with Crippen LogP contribution in [0.25, 0.3) is 12.2 Å². The zero-order valence-corrected chi connectivity index (χ0v) is 45.2. The summed E-state index contributed by atoms with van der Waals surface area (Å²) in [5.41, 5.74) is 7.70. The summed E-state index contributed by atoms with van der Waals surface area (Å²) in [4.78, 5) is 38.7. The van der Waals surface area contributed by atoms with E-state index in [1.165, 1.54) is 67.2 Å². The van der Waals surface area contributed by atoms with E-state index in [4.69, 9.17) is 14.6 Å². The number of aromatic carboxylic acids is 1. The molecular formula is C64H85N3O6. The normalized spacial score (nSPS) is 24.1. The van der Waals surface area contributed by atoms with Gasteiger partial charge in [-0.3, -0.25) is 0 Å². The first kappa shape index (κ1) is 55.2. The molecule has 0 heterocycles. The highest BCUT2D eigenvalue weighted by Gasteiger charge is 2.42. The first-order valence-electron chi connectivity index (χ1n) is 27.6. The number of amides is 1. The number of nitrogens with zero attached hydrogens (tertiary/aromatic N) is 1. The highest BCUT2D eigenvalue weighted by molar-refractivity contribution is 5.89. The Morgan fingerprint density at radius 1 is 0.589 bits per heavy atom. The van der Waals surface area contributed by atoms with Crippen LogP contribution in [0.4, 0.5) is 4.79 Å². The molecule has 4 aliphatic carbocycles. The Balaban J connectivity index is 0.000000223. The number of nitrogens with one attached hydrogen (secondary N) is 2. The molecule has 8 rings (SSSR count). The summed E-state index contributed by atoms with van der Waals surface area (Å²) in [7, 11) is 0. The van der Waals surface area contributed by atoms with Gasteiger partial charge in [-0.05, 0) is 196 Å². The monoisotopic (exact) mass is 992 g/mol. The fourth-order valence-corrected chi connectivity index (χ4v) is 11.0. The van der Waals surface area contributed by atoms with E-state index >= 15 is 0 Å². The molecule has 0 spiro atoms. The van der Waals surface area contributed by atoms with Gasteiger partial charge < -0.3 is 30.1 Å². The molecule has 9 nitrogen and oxygen atoms in total. The molecule has 0 aromatic heterocycles. The third-order valence-corrected chi connectivity index (χ3v) is 15.1. The third kappa shape index (κ3) is 17.6. The predicted molar refractivity (Wildman–Crippen MR) is 296 cm³/mol. The number of carbonyl (C=O) groups excluding carboxylic acids is 2. The van der Waals surface area contributed by atoms with Crippen molar-refractivity contribution in [3.63, 3.8) is 0 Å². The minimum Gasteiger partial charge on any atom is -0.478 e. The van der Waals surface area contributed by atoms with Crippen molar-refractivity contribution < 1.29 is 29.0 Å². The molecule has 0 unspecified atom stereocenters. The SMILES string of the molecule is CC/C(=C\c1ccccc1)[C@@H]1C[C@H]1NC1CCC(CCc2ccc(C(=O)O)cc2)CC1.CC/C(=C\c1ccccc1)[C@@H]1C[C@H]1NC1CCC(N(Cc2ccc(C(=O)OC(C)(C)C)cc2)C(=O)OC(C)(C)C)CC1. The average Bonchev–Trinajstić information content (AvgIpc) is 4.31.